The lowest BCUT2D eigenvalue weighted by atomic mass is 10.1. The lowest BCUT2D eigenvalue weighted by Gasteiger charge is -2.14. The highest BCUT2D eigenvalue weighted by Crippen LogP contribution is 2.26. The molecule has 2 aromatic rings. The molecule has 0 spiro atoms. The molecule has 0 aliphatic heterocycles. The number of aryl methyl sites for hydroxylation is 1. The van der Waals surface area contributed by atoms with Gasteiger partial charge in [-0.15, -0.1) is 0 Å². The van der Waals surface area contributed by atoms with Gasteiger partial charge in [-0.1, -0.05) is 23.8 Å². The first-order chi connectivity index (χ1) is 11.3. The lowest BCUT2D eigenvalue weighted by Crippen LogP contribution is -2.19. The number of nitrogens with one attached hydrogen (secondary N) is 2. The van der Waals surface area contributed by atoms with Gasteiger partial charge in [-0.25, -0.2) is 8.42 Å². The maximum atomic E-state index is 12.5. The summed E-state index contributed by atoms with van der Waals surface area (Å²) in [6.07, 6.45) is 0. The Balaban J connectivity index is 2.26. The maximum Gasteiger partial charge on any atom is 0.261 e. The van der Waals surface area contributed by atoms with Gasteiger partial charge in [0.05, 0.1) is 10.6 Å². The molecule has 2 aromatic carbocycles. The van der Waals surface area contributed by atoms with Crippen LogP contribution >= 0.6 is 0 Å². The van der Waals surface area contributed by atoms with Gasteiger partial charge in [0, 0.05) is 12.8 Å². The molecule has 0 bridgehead atoms. The summed E-state index contributed by atoms with van der Waals surface area (Å²) in [5.74, 6) is -0.306. The maximum absolute atomic E-state index is 12.5. The number of carbonyl (C=O) groups is 1. The number of amides is 1. The minimum atomic E-state index is -3.70. The van der Waals surface area contributed by atoms with Crippen molar-refractivity contribution in [2.24, 2.45) is 0 Å². The summed E-state index contributed by atoms with van der Waals surface area (Å²) < 4.78 is 32.3. The molecule has 1 amide bonds. The van der Waals surface area contributed by atoms with E-state index in [0.29, 0.717) is 16.9 Å². The predicted molar refractivity (Wildman–Crippen MR) is 93.7 cm³/mol. The second-order valence-corrected chi connectivity index (χ2v) is 7.06. The average Bonchev–Trinajstić information content (AvgIpc) is 2.52. The molecule has 0 fully saturated rings. The topological polar surface area (TPSA) is 84.5 Å². The van der Waals surface area contributed by atoms with Crippen molar-refractivity contribution in [1.29, 1.82) is 0 Å². The van der Waals surface area contributed by atoms with Gasteiger partial charge < -0.3 is 10.1 Å². The van der Waals surface area contributed by atoms with Gasteiger partial charge in [0.2, 0.25) is 5.91 Å². The van der Waals surface area contributed by atoms with Crippen molar-refractivity contribution in [3.05, 3.63) is 53.6 Å². The number of anilines is 2. The van der Waals surface area contributed by atoms with Crippen LogP contribution in [0.25, 0.3) is 0 Å². The summed E-state index contributed by atoms with van der Waals surface area (Å²) in [4.78, 5) is 11.8. The van der Waals surface area contributed by atoms with Gasteiger partial charge in [-0.3, -0.25) is 9.52 Å². The van der Waals surface area contributed by atoms with E-state index in [9.17, 15) is 13.2 Å². The summed E-state index contributed by atoms with van der Waals surface area (Å²) in [6.45, 7) is 3.55. The monoisotopic (exact) mass is 348 g/mol. The van der Waals surface area contributed by atoms with E-state index in [0.717, 1.165) is 5.56 Å². The highest BCUT2D eigenvalue weighted by Gasteiger charge is 2.16. The Bertz CT molecular complexity index is 830. The van der Waals surface area contributed by atoms with Crippen LogP contribution in [0.15, 0.2) is 47.4 Å². The second kappa shape index (κ2) is 7.46. The zero-order chi connectivity index (χ0) is 17.7. The molecule has 0 radical (unpaired) electrons. The van der Waals surface area contributed by atoms with E-state index in [4.69, 9.17) is 4.74 Å². The molecule has 0 aromatic heterocycles. The molecule has 2 rings (SSSR count). The number of hydrogen-bond acceptors (Lipinski definition) is 4. The van der Waals surface area contributed by atoms with Crippen LogP contribution in [0.3, 0.4) is 0 Å². The van der Waals surface area contributed by atoms with Crippen LogP contribution < -0.4 is 10.0 Å². The van der Waals surface area contributed by atoms with Gasteiger partial charge in [-0.2, -0.15) is 0 Å². The Morgan fingerprint density at radius 3 is 2.29 bits per heavy atom. The SMILES string of the molecule is COCC(=O)Nc1cccc(NS(=O)(=O)c2ccc(C)cc2)c1C. The first kappa shape index (κ1) is 18.0. The molecule has 128 valence electrons. The van der Waals surface area contributed by atoms with Gasteiger partial charge in [0.1, 0.15) is 6.61 Å². The smallest absolute Gasteiger partial charge is 0.261 e. The summed E-state index contributed by atoms with van der Waals surface area (Å²) in [5.41, 5.74) is 2.54. The van der Waals surface area contributed by atoms with E-state index < -0.39 is 10.0 Å². The Kier molecular flexibility index (Phi) is 5.58. The van der Waals surface area contributed by atoms with Gasteiger partial charge in [-0.05, 0) is 43.7 Å². The summed E-state index contributed by atoms with van der Waals surface area (Å²) >= 11 is 0. The Morgan fingerprint density at radius 2 is 1.67 bits per heavy atom. The van der Waals surface area contributed by atoms with E-state index in [1.54, 1.807) is 49.4 Å². The van der Waals surface area contributed by atoms with Crippen molar-refractivity contribution in [3.8, 4) is 0 Å². The molecule has 0 saturated carbocycles. The highest BCUT2D eigenvalue weighted by atomic mass is 32.2. The minimum Gasteiger partial charge on any atom is -0.375 e. The average molecular weight is 348 g/mol. The van der Waals surface area contributed by atoms with Gasteiger partial charge in [0.25, 0.3) is 10.0 Å². The highest BCUT2D eigenvalue weighted by molar-refractivity contribution is 7.92. The van der Waals surface area contributed by atoms with E-state index in [2.05, 4.69) is 10.0 Å². The summed E-state index contributed by atoms with van der Waals surface area (Å²) in [5, 5.41) is 2.69. The van der Waals surface area contributed by atoms with Crippen molar-refractivity contribution in [1.82, 2.24) is 0 Å². The van der Waals surface area contributed by atoms with Crippen molar-refractivity contribution in [3.63, 3.8) is 0 Å². The quantitative estimate of drug-likeness (QED) is 0.840. The van der Waals surface area contributed by atoms with Crippen LogP contribution in [0, 0.1) is 13.8 Å². The van der Waals surface area contributed by atoms with E-state index in [-0.39, 0.29) is 17.4 Å². The fourth-order valence-electron chi connectivity index (χ4n) is 2.12. The summed E-state index contributed by atoms with van der Waals surface area (Å²) in [7, 11) is -2.27. The molecule has 0 aliphatic rings. The van der Waals surface area contributed by atoms with Crippen LogP contribution in [-0.2, 0) is 19.6 Å². The van der Waals surface area contributed by atoms with E-state index >= 15 is 0 Å². The first-order valence-electron chi connectivity index (χ1n) is 7.31. The number of hydrogen-bond donors (Lipinski definition) is 2. The number of methoxy groups -OCH3 is 1. The third-order valence-corrected chi connectivity index (χ3v) is 4.84. The second-order valence-electron chi connectivity index (χ2n) is 5.38. The van der Waals surface area contributed by atoms with Crippen LogP contribution in [-0.4, -0.2) is 28.0 Å². The van der Waals surface area contributed by atoms with Crippen molar-refractivity contribution in [2.75, 3.05) is 23.8 Å². The van der Waals surface area contributed by atoms with Crippen LogP contribution in [0.2, 0.25) is 0 Å². The zero-order valence-electron chi connectivity index (χ0n) is 13.8. The molecule has 2 N–H and O–H groups in total. The largest absolute Gasteiger partial charge is 0.375 e. The zero-order valence-corrected chi connectivity index (χ0v) is 14.6. The normalized spacial score (nSPS) is 11.1. The number of carbonyl (C=O) groups excluding carboxylic acids is 1. The number of sulfonamides is 1. The molecule has 24 heavy (non-hydrogen) atoms. The van der Waals surface area contributed by atoms with Crippen molar-refractivity contribution < 1.29 is 17.9 Å². The van der Waals surface area contributed by atoms with Crippen molar-refractivity contribution in [2.45, 2.75) is 18.7 Å². The fraction of sp³-hybridized carbons (Fsp3) is 0.235. The van der Waals surface area contributed by atoms with Crippen LogP contribution in [0.4, 0.5) is 11.4 Å². The fourth-order valence-corrected chi connectivity index (χ4v) is 3.24. The standard InChI is InChI=1S/C17H20N2O4S/c1-12-7-9-14(10-8-12)24(21,22)19-16-6-4-5-15(13(16)2)18-17(20)11-23-3/h4-10,19H,11H2,1-3H3,(H,18,20). The lowest BCUT2D eigenvalue weighted by molar-refractivity contribution is -0.119. The molecule has 0 heterocycles. The molecule has 0 unspecified atom stereocenters. The Hall–Kier alpha value is -2.38. The van der Waals surface area contributed by atoms with E-state index in [1.807, 2.05) is 6.92 Å². The van der Waals surface area contributed by atoms with Gasteiger partial charge >= 0.3 is 0 Å². The Morgan fingerprint density at radius 1 is 1.04 bits per heavy atom. The molecular formula is C17H20N2O4S. The molecule has 0 atom stereocenters. The van der Waals surface area contributed by atoms with Crippen molar-refractivity contribution >= 4 is 27.3 Å². The molecule has 0 aliphatic carbocycles. The van der Waals surface area contributed by atoms with E-state index in [1.165, 1.54) is 7.11 Å². The number of ether oxygens (including phenoxy) is 1. The third kappa shape index (κ3) is 4.33. The predicted octanol–water partition coefficient (Wildman–Crippen LogP) is 2.69. The van der Waals surface area contributed by atoms with Crippen LogP contribution in [0.1, 0.15) is 11.1 Å². The number of rotatable bonds is 6. The molecular weight excluding hydrogens is 328 g/mol. The molecule has 0 saturated heterocycles. The van der Waals surface area contributed by atoms with Crippen LogP contribution in [0.5, 0.6) is 0 Å². The third-order valence-electron chi connectivity index (χ3n) is 3.46. The molecule has 7 heteroatoms. The Labute approximate surface area is 141 Å². The van der Waals surface area contributed by atoms with Gasteiger partial charge in [0.15, 0.2) is 0 Å². The number of benzene rings is 2. The first-order valence-corrected chi connectivity index (χ1v) is 8.79. The summed E-state index contributed by atoms with van der Waals surface area (Å²) in [6, 6.07) is 11.6. The minimum absolute atomic E-state index is 0.0707. The molecule has 6 nitrogen and oxygen atoms in total.